The molecule has 0 saturated heterocycles. The lowest BCUT2D eigenvalue weighted by atomic mass is 9.93. The first-order chi connectivity index (χ1) is 14.7. The van der Waals surface area contributed by atoms with Crippen molar-refractivity contribution in [2.24, 2.45) is 11.5 Å². The quantitative estimate of drug-likeness (QED) is 0.441. The van der Waals surface area contributed by atoms with Gasteiger partial charge in [-0.05, 0) is 37.5 Å². The second-order valence-electron chi connectivity index (χ2n) is 7.32. The van der Waals surface area contributed by atoms with E-state index in [-0.39, 0.29) is 17.5 Å². The maximum Gasteiger partial charge on any atom is 0.405 e. The first-order valence-electron chi connectivity index (χ1n) is 9.57. The Balaban J connectivity index is 1.56. The summed E-state index contributed by atoms with van der Waals surface area (Å²) in [5.41, 5.74) is 11.5. The van der Waals surface area contributed by atoms with Crippen molar-refractivity contribution in [1.82, 2.24) is 25.0 Å². The second kappa shape index (κ2) is 7.98. The van der Waals surface area contributed by atoms with Crippen LogP contribution in [0, 0.1) is 0 Å². The smallest absolute Gasteiger partial charge is 0.364 e. The molecule has 4 rings (SSSR count). The number of nitrogens with two attached hydrogens (primary N) is 2. The van der Waals surface area contributed by atoms with Crippen molar-refractivity contribution < 1.29 is 18.0 Å². The van der Waals surface area contributed by atoms with E-state index >= 15 is 0 Å². The van der Waals surface area contributed by atoms with E-state index in [4.69, 9.17) is 11.5 Å². The number of nitrogens with one attached hydrogen (secondary N) is 2. The highest BCUT2D eigenvalue weighted by Gasteiger charge is 2.36. The fraction of sp³-hybridized carbons (Fsp3) is 0.389. The summed E-state index contributed by atoms with van der Waals surface area (Å²) in [4.78, 5) is 15.7. The molecule has 31 heavy (non-hydrogen) atoms. The lowest BCUT2D eigenvalue weighted by Crippen LogP contribution is -2.43. The minimum atomic E-state index is -4.58. The number of primary amides is 1. The number of fused-ring (bicyclic) bond motifs is 1. The van der Waals surface area contributed by atoms with Crippen LogP contribution in [0.15, 0.2) is 24.4 Å². The Kier molecular flexibility index (Phi) is 5.35. The van der Waals surface area contributed by atoms with Crippen LogP contribution in [0.4, 0.5) is 30.6 Å². The predicted octanol–water partition coefficient (Wildman–Crippen LogP) is 2.09. The van der Waals surface area contributed by atoms with Gasteiger partial charge in [-0.3, -0.25) is 9.48 Å². The van der Waals surface area contributed by atoms with Crippen molar-refractivity contribution >= 4 is 34.3 Å². The van der Waals surface area contributed by atoms with Gasteiger partial charge in [-0.25, -0.2) is 0 Å². The van der Waals surface area contributed by atoms with E-state index in [0.29, 0.717) is 11.7 Å². The van der Waals surface area contributed by atoms with Gasteiger partial charge < -0.3 is 22.1 Å². The van der Waals surface area contributed by atoms with E-state index < -0.39 is 24.7 Å². The molecule has 2 heterocycles. The molecule has 1 aromatic carbocycles. The average molecular weight is 435 g/mol. The zero-order valence-corrected chi connectivity index (χ0v) is 16.2. The average Bonchev–Trinajstić information content (AvgIpc) is 3.06. The second-order valence-corrected chi connectivity index (χ2v) is 7.32. The molecule has 6 N–H and O–H groups in total. The number of benzene rings is 1. The number of hydrogen-bond donors (Lipinski definition) is 4. The van der Waals surface area contributed by atoms with E-state index in [1.54, 1.807) is 6.07 Å². The fourth-order valence-electron chi connectivity index (χ4n) is 3.07. The molecule has 1 aliphatic carbocycles. The van der Waals surface area contributed by atoms with Gasteiger partial charge in [0.25, 0.3) is 5.91 Å². The van der Waals surface area contributed by atoms with Crippen molar-refractivity contribution in [3.05, 3.63) is 30.1 Å². The van der Waals surface area contributed by atoms with Crippen molar-refractivity contribution in [3.63, 3.8) is 0 Å². The summed E-state index contributed by atoms with van der Waals surface area (Å²) >= 11 is 0. The van der Waals surface area contributed by atoms with Gasteiger partial charge in [0.1, 0.15) is 6.04 Å². The Morgan fingerprint density at radius 1 is 1.29 bits per heavy atom. The number of hydrogen-bond acceptors (Lipinski definition) is 8. The number of alkyl halides is 3. The van der Waals surface area contributed by atoms with Crippen LogP contribution in [0.25, 0.3) is 10.9 Å². The van der Waals surface area contributed by atoms with Gasteiger partial charge in [0.05, 0.1) is 11.6 Å². The lowest BCUT2D eigenvalue weighted by Gasteiger charge is -2.25. The first-order valence-corrected chi connectivity index (χ1v) is 9.57. The highest BCUT2D eigenvalue weighted by Crippen LogP contribution is 2.32. The predicted molar refractivity (Wildman–Crippen MR) is 107 cm³/mol. The Hall–Kier alpha value is -3.48. The molecule has 1 saturated carbocycles. The van der Waals surface area contributed by atoms with Crippen LogP contribution in [0.1, 0.15) is 35.8 Å². The third-order valence-corrected chi connectivity index (χ3v) is 5.05. The largest absolute Gasteiger partial charge is 0.405 e. The highest BCUT2D eigenvalue weighted by atomic mass is 19.4. The van der Waals surface area contributed by atoms with E-state index in [1.807, 2.05) is 23.0 Å². The van der Waals surface area contributed by atoms with Gasteiger partial charge >= 0.3 is 6.18 Å². The highest BCUT2D eigenvalue weighted by molar-refractivity contribution is 5.96. The molecule has 0 bridgehead atoms. The lowest BCUT2D eigenvalue weighted by molar-refractivity contribution is -0.144. The summed E-state index contributed by atoms with van der Waals surface area (Å²) in [5.74, 6) is -1.16. The number of carbonyl (C=O) groups excluding carboxylic acids is 1. The van der Waals surface area contributed by atoms with E-state index in [2.05, 4.69) is 30.9 Å². The topological polar surface area (TPSA) is 150 Å². The fourth-order valence-corrected chi connectivity index (χ4v) is 3.07. The molecule has 0 radical (unpaired) electrons. The molecule has 1 amide bonds. The molecule has 0 spiro atoms. The molecule has 2 aromatic heterocycles. The van der Waals surface area contributed by atoms with Gasteiger partial charge in [-0.15, -0.1) is 10.2 Å². The molecular formula is C18H20F3N9O. The number of anilines is 3. The molecule has 13 heteroatoms. The van der Waals surface area contributed by atoms with Gasteiger partial charge in [-0.1, -0.05) is 0 Å². The number of nitrogens with zero attached hydrogens (tertiary/aromatic N) is 5. The van der Waals surface area contributed by atoms with Crippen molar-refractivity contribution in [3.8, 4) is 0 Å². The van der Waals surface area contributed by atoms with Crippen LogP contribution >= 0.6 is 0 Å². The van der Waals surface area contributed by atoms with Crippen molar-refractivity contribution in [2.75, 3.05) is 17.2 Å². The summed E-state index contributed by atoms with van der Waals surface area (Å²) in [6.45, 7) is -0.660. The number of carbonyl (C=O) groups is 1. The monoisotopic (exact) mass is 435 g/mol. The van der Waals surface area contributed by atoms with Crippen LogP contribution in [-0.2, 0) is 0 Å². The summed E-state index contributed by atoms with van der Waals surface area (Å²) < 4.78 is 39.7. The standard InChI is InChI=1S/C18H20F3N9O/c19-18(20,21)13(22)7-24-17-26-16(14(15(23)31)27-28-17)25-10-4-5-12-9(6-10)8-30(29-12)11-2-1-3-11/h4-6,8,11,13H,1-3,7,22H2,(H2,23,31)(H2,24,25,26,28). The molecule has 1 aliphatic rings. The zero-order valence-electron chi connectivity index (χ0n) is 16.2. The summed E-state index contributed by atoms with van der Waals surface area (Å²) in [7, 11) is 0. The molecule has 1 unspecified atom stereocenters. The minimum Gasteiger partial charge on any atom is -0.364 e. The van der Waals surface area contributed by atoms with Crippen molar-refractivity contribution in [2.45, 2.75) is 37.5 Å². The van der Waals surface area contributed by atoms with E-state index in [0.717, 1.165) is 23.7 Å². The van der Waals surface area contributed by atoms with Gasteiger partial charge in [0, 0.05) is 23.8 Å². The normalized spacial score (nSPS) is 15.5. The third-order valence-electron chi connectivity index (χ3n) is 5.05. The van der Waals surface area contributed by atoms with Crippen molar-refractivity contribution in [1.29, 1.82) is 0 Å². The molecular weight excluding hydrogens is 415 g/mol. The Morgan fingerprint density at radius 3 is 2.71 bits per heavy atom. The number of halogens is 3. The molecule has 1 fully saturated rings. The molecule has 0 aliphatic heterocycles. The van der Waals surface area contributed by atoms with Crippen LogP contribution < -0.4 is 22.1 Å². The number of amides is 1. The van der Waals surface area contributed by atoms with E-state index in [1.165, 1.54) is 6.42 Å². The molecule has 10 nitrogen and oxygen atoms in total. The zero-order chi connectivity index (χ0) is 22.2. The number of aromatic nitrogens is 5. The summed E-state index contributed by atoms with van der Waals surface area (Å²) in [6, 6.07) is 3.66. The van der Waals surface area contributed by atoms with Gasteiger partial charge in [-0.2, -0.15) is 23.3 Å². The molecule has 1 atom stereocenters. The maximum atomic E-state index is 12.6. The van der Waals surface area contributed by atoms with Gasteiger partial charge in [0.15, 0.2) is 11.5 Å². The van der Waals surface area contributed by atoms with E-state index in [9.17, 15) is 18.0 Å². The van der Waals surface area contributed by atoms with Crippen LogP contribution in [-0.4, -0.2) is 49.6 Å². The van der Waals surface area contributed by atoms with Crippen LogP contribution in [0.2, 0.25) is 0 Å². The van der Waals surface area contributed by atoms with Gasteiger partial charge in [0.2, 0.25) is 5.95 Å². The SMILES string of the molecule is NC(=O)c1nnc(NCC(N)C(F)(F)F)nc1Nc1ccc2nn(C3CCC3)cc2c1. The summed E-state index contributed by atoms with van der Waals surface area (Å²) in [5, 5.41) is 18.0. The Bertz CT molecular complexity index is 1110. The first kappa shape index (κ1) is 20.8. The Labute approximate surface area is 174 Å². The molecule has 164 valence electrons. The third kappa shape index (κ3) is 4.50. The Morgan fingerprint density at radius 2 is 2.06 bits per heavy atom. The summed E-state index contributed by atoms with van der Waals surface area (Å²) in [6.07, 6.45) is 0.758. The minimum absolute atomic E-state index is 0.0451. The maximum absolute atomic E-state index is 12.6. The number of rotatable bonds is 7. The van der Waals surface area contributed by atoms with Crippen LogP contribution in [0.3, 0.4) is 0 Å². The van der Waals surface area contributed by atoms with Crippen LogP contribution in [0.5, 0.6) is 0 Å². The molecule has 3 aromatic rings.